The van der Waals surface area contributed by atoms with Crippen LogP contribution in [0.25, 0.3) is 0 Å². The lowest BCUT2D eigenvalue weighted by Gasteiger charge is -2.09. The van der Waals surface area contributed by atoms with Gasteiger partial charge in [-0.15, -0.1) is 0 Å². The molecule has 0 unspecified atom stereocenters. The summed E-state index contributed by atoms with van der Waals surface area (Å²) in [6.07, 6.45) is 1.48. The average Bonchev–Trinajstić information content (AvgIpc) is 2.54. The summed E-state index contributed by atoms with van der Waals surface area (Å²) in [7, 11) is 1.40. The van der Waals surface area contributed by atoms with E-state index in [1.54, 1.807) is 12.1 Å². The van der Waals surface area contributed by atoms with Crippen LogP contribution >= 0.6 is 34.8 Å². The standard InChI is InChI=1S/C15H11Cl3N2O4/c1-23-13-9(16)5-8(6-10(13)17)15(22)24-7-12(21)20-11-3-2-4-19-14(11)18/h2-6H,7H2,1H3,(H,20,21). The maximum absolute atomic E-state index is 12.0. The number of hydrogen-bond acceptors (Lipinski definition) is 5. The number of halogens is 3. The van der Waals surface area contributed by atoms with Crippen LogP contribution in [0, 0.1) is 0 Å². The number of nitrogens with one attached hydrogen (secondary N) is 1. The maximum atomic E-state index is 12.0. The highest BCUT2D eigenvalue weighted by atomic mass is 35.5. The van der Waals surface area contributed by atoms with Crippen molar-refractivity contribution in [3.63, 3.8) is 0 Å². The van der Waals surface area contributed by atoms with Crippen LogP contribution in [-0.4, -0.2) is 30.6 Å². The third kappa shape index (κ3) is 4.50. The lowest BCUT2D eigenvalue weighted by atomic mass is 10.2. The zero-order valence-corrected chi connectivity index (χ0v) is 14.6. The highest BCUT2D eigenvalue weighted by molar-refractivity contribution is 6.37. The van der Waals surface area contributed by atoms with Gasteiger partial charge in [0, 0.05) is 6.20 Å². The lowest BCUT2D eigenvalue weighted by molar-refractivity contribution is -0.119. The molecule has 0 saturated heterocycles. The minimum Gasteiger partial charge on any atom is -0.494 e. The molecule has 1 heterocycles. The number of ether oxygens (including phenoxy) is 2. The minimum atomic E-state index is -0.756. The fourth-order valence-electron chi connectivity index (χ4n) is 1.75. The van der Waals surface area contributed by atoms with Crippen LogP contribution in [0.1, 0.15) is 10.4 Å². The Balaban J connectivity index is 1.98. The Morgan fingerprint density at radius 2 is 1.88 bits per heavy atom. The van der Waals surface area contributed by atoms with Gasteiger partial charge in [-0.25, -0.2) is 9.78 Å². The van der Waals surface area contributed by atoms with E-state index in [0.29, 0.717) is 5.69 Å². The number of carbonyl (C=O) groups is 2. The Bertz CT molecular complexity index is 760. The fraction of sp³-hybridized carbons (Fsp3) is 0.133. The van der Waals surface area contributed by atoms with Gasteiger partial charge in [0.25, 0.3) is 5.91 Å². The second-order valence-electron chi connectivity index (χ2n) is 4.44. The van der Waals surface area contributed by atoms with E-state index in [0.717, 1.165) is 0 Å². The van der Waals surface area contributed by atoms with Gasteiger partial charge in [0.1, 0.15) is 0 Å². The first-order valence-corrected chi connectivity index (χ1v) is 7.66. The molecule has 0 radical (unpaired) electrons. The third-order valence-corrected chi connectivity index (χ3v) is 3.67. The molecular formula is C15H11Cl3N2O4. The van der Waals surface area contributed by atoms with Crippen LogP contribution in [0.5, 0.6) is 5.75 Å². The van der Waals surface area contributed by atoms with Crippen molar-refractivity contribution in [2.45, 2.75) is 0 Å². The molecule has 24 heavy (non-hydrogen) atoms. The number of anilines is 1. The molecule has 2 aromatic rings. The molecule has 2 rings (SSSR count). The zero-order chi connectivity index (χ0) is 17.7. The Morgan fingerprint density at radius 1 is 1.21 bits per heavy atom. The van der Waals surface area contributed by atoms with Gasteiger partial charge in [-0.1, -0.05) is 34.8 Å². The maximum Gasteiger partial charge on any atom is 0.338 e. The Hall–Kier alpha value is -2.02. The second-order valence-corrected chi connectivity index (χ2v) is 5.61. The van der Waals surface area contributed by atoms with Crippen LogP contribution in [0.3, 0.4) is 0 Å². The van der Waals surface area contributed by atoms with E-state index in [-0.39, 0.29) is 26.5 Å². The molecule has 0 atom stereocenters. The zero-order valence-electron chi connectivity index (χ0n) is 12.3. The number of esters is 1. The quantitative estimate of drug-likeness (QED) is 0.621. The summed E-state index contributed by atoms with van der Waals surface area (Å²) >= 11 is 17.7. The van der Waals surface area contributed by atoms with Crippen LogP contribution in [0.2, 0.25) is 15.2 Å². The summed E-state index contributed by atoms with van der Waals surface area (Å²) in [5.74, 6) is -1.07. The minimum absolute atomic E-state index is 0.0954. The number of carbonyl (C=O) groups excluding carboxylic acids is 2. The number of aromatic nitrogens is 1. The van der Waals surface area contributed by atoms with Crippen molar-refractivity contribution in [3.05, 3.63) is 51.2 Å². The summed E-state index contributed by atoms with van der Waals surface area (Å²) in [6, 6.07) is 5.85. The van der Waals surface area contributed by atoms with Crippen LogP contribution in [0.4, 0.5) is 5.69 Å². The highest BCUT2D eigenvalue weighted by Gasteiger charge is 2.16. The predicted octanol–water partition coefficient (Wildman–Crippen LogP) is 3.85. The van der Waals surface area contributed by atoms with E-state index in [2.05, 4.69) is 10.3 Å². The molecule has 126 valence electrons. The lowest BCUT2D eigenvalue weighted by Crippen LogP contribution is -2.21. The van der Waals surface area contributed by atoms with Gasteiger partial charge in [-0.2, -0.15) is 0 Å². The highest BCUT2D eigenvalue weighted by Crippen LogP contribution is 2.34. The molecule has 0 aliphatic heterocycles. The molecule has 0 fully saturated rings. The summed E-state index contributed by atoms with van der Waals surface area (Å²) in [5, 5.41) is 2.92. The number of pyridine rings is 1. The molecule has 0 bridgehead atoms. The van der Waals surface area contributed by atoms with E-state index in [1.165, 1.54) is 25.4 Å². The first kappa shape index (κ1) is 18.3. The summed E-state index contributed by atoms with van der Waals surface area (Å²) in [5.41, 5.74) is 0.411. The van der Waals surface area contributed by atoms with Gasteiger partial charge in [0.2, 0.25) is 0 Å². The topological polar surface area (TPSA) is 77.5 Å². The van der Waals surface area contributed by atoms with Crippen LogP contribution in [-0.2, 0) is 9.53 Å². The Labute approximate surface area is 152 Å². The summed E-state index contributed by atoms with van der Waals surface area (Å²) < 4.78 is 9.90. The van der Waals surface area contributed by atoms with Crippen molar-refractivity contribution in [3.8, 4) is 5.75 Å². The monoisotopic (exact) mass is 388 g/mol. The van der Waals surface area contributed by atoms with Gasteiger partial charge in [0.15, 0.2) is 17.5 Å². The van der Waals surface area contributed by atoms with E-state index >= 15 is 0 Å². The molecular weight excluding hydrogens is 379 g/mol. The van der Waals surface area contributed by atoms with Crippen molar-refractivity contribution < 1.29 is 19.1 Å². The van der Waals surface area contributed by atoms with Crippen molar-refractivity contribution in [2.75, 3.05) is 19.0 Å². The molecule has 0 saturated carbocycles. The molecule has 1 amide bonds. The number of amides is 1. The number of nitrogens with zero attached hydrogens (tertiary/aromatic N) is 1. The van der Waals surface area contributed by atoms with Gasteiger partial charge < -0.3 is 14.8 Å². The predicted molar refractivity (Wildman–Crippen MR) is 91.2 cm³/mol. The van der Waals surface area contributed by atoms with E-state index in [1.807, 2.05) is 0 Å². The molecule has 1 N–H and O–H groups in total. The number of benzene rings is 1. The first-order chi connectivity index (χ1) is 11.4. The van der Waals surface area contributed by atoms with Crippen molar-refractivity contribution in [1.29, 1.82) is 0 Å². The molecule has 1 aromatic carbocycles. The normalized spacial score (nSPS) is 10.2. The van der Waals surface area contributed by atoms with E-state index in [4.69, 9.17) is 44.3 Å². The number of methoxy groups -OCH3 is 1. The van der Waals surface area contributed by atoms with Gasteiger partial charge in [-0.05, 0) is 24.3 Å². The SMILES string of the molecule is COc1c(Cl)cc(C(=O)OCC(=O)Nc2cccnc2Cl)cc1Cl. The first-order valence-electron chi connectivity index (χ1n) is 6.53. The molecule has 1 aromatic heterocycles. The van der Waals surface area contributed by atoms with Crippen molar-refractivity contribution in [1.82, 2.24) is 4.98 Å². The molecule has 6 nitrogen and oxygen atoms in total. The Kier molecular flexibility index (Phi) is 6.25. The number of hydrogen-bond donors (Lipinski definition) is 1. The molecule has 0 aliphatic rings. The van der Waals surface area contributed by atoms with Gasteiger partial charge in [0.05, 0.1) is 28.4 Å². The van der Waals surface area contributed by atoms with Crippen molar-refractivity contribution in [2.24, 2.45) is 0 Å². The fourth-order valence-corrected chi connectivity index (χ4v) is 2.56. The van der Waals surface area contributed by atoms with E-state index in [9.17, 15) is 9.59 Å². The van der Waals surface area contributed by atoms with Gasteiger partial charge >= 0.3 is 5.97 Å². The smallest absolute Gasteiger partial charge is 0.338 e. The Morgan fingerprint density at radius 3 is 2.46 bits per heavy atom. The average molecular weight is 390 g/mol. The molecule has 0 spiro atoms. The third-order valence-electron chi connectivity index (χ3n) is 2.81. The van der Waals surface area contributed by atoms with Crippen LogP contribution < -0.4 is 10.1 Å². The van der Waals surface area contributed by atoms with Crippen LogP contribution in [0.15, 0.2) is 30.5 Å². The summed E-state index contributed by atoms with van der Waals surface area (Å²) in [4.78, 5) is 27.6. The van der Waals surface area contributed by atoms with Crippen molar-refractivity contribution >= 4 is 52.4 Å². The van der Waals surface area contributed by atoms with Gasteiger partial charge in [-0.3, -0.25) is 4.79 Å². The molecule has 9 heteroatoms. The largest absolute Gasteiger partial charge is 0.494 e. The van der Waals surface area contributed by atoms with E-state index < -0.39 is 18.5 Å². The summed E-state index contributed by atoms with van der Waals surface area (Å²) in [6.45, 7) is -0.509. The number of rotatable bonds is 5. The molecule has 0 aliphatic carbocycles. The second kappa shape index (κ2) is 8.19.